The molecule has 114 valence electrons. The van der Waals surface area contributed by atoms with Crippen molar-refractivity contribution in [2.75, 3.05) is 18.0 Å². The minimum atomic E-state index is -0.658. The summed E-state index contributed by atoms with van der Waals surface area (Å²) in [7, 11) is 0. The van der Waals surface area contributed by atoms with Crippen LogP contribution in [0.4, 0.5) is 10.7 Å². The van der Waals surface area contributed by atoms with E-state index in [-0.39, 0.29) is 5.95 Å². The molecule has 0 fully saturated rings. The van der Waals surface area contributed by atoms with E-state index in [0.717, 1.165) is 19.3 Å². The largest absolute Gasteiger partial charge is 0.351 e. The molecule has 1 aromatic heterocycles. The van der Waals surface area contributed by atoms with Crippen molar-refractivity contribution in [2.45, 2.75) is 32.6 Å². The van der Waals surface area contributed by atoms with Gasteiger partial charge in [0, 0.05) is 18.3 Å². The van der Waals surface area contributed by atoms with Crippen molar-refractivity contribution in [3.8, 4) is 0 Å². The molecule has 0 bridgehead atoms. The van der Waals surface area contributed by atoms with Crippen LogP contribution in [0.2, 0.25) is 0 Å². The van der Waals surface area contributed by atoms with Crippen molar-refractivity contribution in [3.05, 3.63) is 22.1 Å². The van der Waals surface area contributed by atoms with Gasteiger partial charge in [0.05, 0.1) is 6.54 Å². The number of aryl methyl sites for hydroxylation is 1. The Labute approximate surface area is 122 Å². The van der Waals surface area contributed by atoms with Gasteiger partial charge in [-0.05, 0) is 19.8 Å². The number of nitrogens with two attached hydrogens (primary N) is 1. The van der Waals surface area contributed by atoms with Crippen molar-refractivity contribution in [3.63, 3.8) is 0 Å². The third kappa shape index (κ3) is 6.01. The summed E-state index contributed by atoms with van der Waals surface area (Å²) in [6.45, 7) is 2.55. The van der Waals surface area contributed by atoms with Gasteiger partial charge in [-0.25, -0.2) is 14.6 Å². The summed E-state index contributed by atoms with van der Waals surface area (Å²) >= 11 is 0. The molecule has 0 spiro atoms. The number of unbranched alkanes of at least 4 members (excludes halogenated alkanes) is 3. The first-order chi connectivity index (χ1) is 10.0. The number of aromatic amines is 1. The molecule has 1 rings (SSSR count). The van der Waals surface area contributed by atoms with Crippen LogP contribution < -0.4 is 16.2 Å². The highest BCUT2D eigenvalue weighted by Gasteiger charge is 2.14. The fraction of sp³-hybridized carbons (Fsp3) is 0.538. The molecule has 8 heteroatoms. The van der Waals surface area contributed by atoms with Gasteiger partial charge in [0.1, 0.15) is 0 Å². The van der Waals surface area contributed by atoms with Gasteiger partial charge in [0.25, 0.3) is 5.56 Å². The molecule has 0 atom stereocenters. The molecule has 8 nitrogen and oxygen atoms in total. The first-order valence-electron chi connectivity index (χ1n) is 6.73. The second-order valence-corrected chi connectivity index (χ2v) is 4.60. The number of primary amides is 1. The molecule has 0 aliphatic heterocycles. The molecule has 1 aromatic rings. The van der Waals surface area contributed by atoms with Crippen LogP contribution in [0.1, 0.15) is 31.4 Å². The van der Waals surface area contributed by atoms with Gasteiger partial charge < -0.3 is 10.7 Å². The number of nitrogens with zero attached hydrogens (tertiary/aromatic N) is 3. The van der Waals surface area contributed by atoms with E-state index in [4.69, 9.17) is 5.73 Å². The third-order valence-electron chi connectivity index (χ3n) is 2.85. The van der Waals surface area contributed by atoms with Crippen molar-refractivity contribution >= 4 is 18.1 Å². The van der Waals surface area contributed by atoms with Gasteiger partial charge in [-0.15, -0.1) is 0 Å². The zero-order valence-electron chi connectivity index (χ0n) is 12.0. The van der Waals surface area contributed by atoms with Gasteiger partial charge >= 0.3 is 6.03 Å². The lowest BCUT2D eigenvalue weighted by Gasteiger charge is -2.18. The van der Waals surface area contributed by atoms with Crippen LogP contribution in [0.5, 0.6) is 0 Å². The Balaban J connectivity index is 2.53. The Morgan fingerprint density at radius 3 is 2.76 bits per heavy atom. The quantitative estimate of drug-likeness (QED) is 0.419. The van der Waals surface area contributed by atoms with E-state index in [9.17, 15) is 14.4 Å². The molecule has 0 aliphatic carbocycles. The second-order valence-electron chi connectivity index (χ2n) is 4.60. The maximum Gasteiger partial charge on any atom is 0.321 e. The Hall–Kier alpha value is -2.47. The number of aromatic nitrogens is 2. The lowest BCUT2D eigenvalue weighted by atomic mass is 10.2. The molecule has 0 radical (unpaired) electrons. The highest BCUT2D eigenvalue weighted by molar-refractivity contribution is 5.88. The summed E-state index contributed by atoms with van der Waals surface area (Å²) in [5.41, 5.74) is 5.51. The molecule has 0 saturated heterocycles. The lowest BCUT2D eigenvalue weighted by Crippen LogP contribution is -2.38. The van der Waals surface area contributed by atoms with Crippen molar-refractivity contribution in [1.82, 2.24) is 9.97 Å². The predicted octanol–water partition coefficient (Wildman–Crippen LogP) is 0.860. The number of amides is 2. The zero-order chi connectivity index (χ0) is 15.7. The normalized spacial score (nSPS) is 9.95. The highest BCUT2D eigenvalue weighted by Crippen LogP contribution is 2.08. The predicted molar refractivity (Wildman–Crippen MR) is 78.0 cm³/mol. The minimum absolute atomic E-state index is 0.165. The second kappa shape index (κ2) is 8.65. The molecule has 0 aliphatic rings. The number of carbonyl (C=O) groups excluding carboxylic acids is 2. The van der Waals surface area contributed by atoms with Crippen molar-refractivity contribution < 1.29 is 9.59 Å². The molecule has 0 saturated carbocycles. The Kier molecular flexibility index (Phi) is 6.83. The van der Waals surface area contributed by atoms with Crippen LogP contribution in [-0.4, -0.2) is 35.2 Å². The molecule has 0 aromatic carbocycles. The lowest BCUT2D eigenvalue weighted by molar-refractivity contribution is 0.253. The van der Waals surface area contributed by atoms with Crippen LogP contribution in [0.15, 0.2) is 15.9 Å². The SMILES string of the molecule is Cc1cc(=O)nc(N(CCCCCCN=C=O)C(N)=O)[nH]1. The highest BCUT2D eigenvalue weighted by atomic mass is 16.2. The Morgan fingerprint density at radius 1 is 1.43 bits per heavy atom. The molecule has 21 heavy (non-hydrogen) atoms. The first kappa shape index (κ1) is 16.6. The summed E-state index contributed by atoms with van der Waals surface area (Å²) < 4.78 is 0. The van der Waals surface area contributed by atoms with Gasteiger partial charge in [-0.3, -0.25) is 9.69 Å². The number of H-pyrrole nitrogens is 1. The Morgan fingerprint density at radius 2 is 2.14 bits per heavy atom. The number of hydrogen-bond acceptors (Lipinski definition) is 5. The summed E-state index contributed by atoms with van der Waals surface area (Å²) in [6, 6.07) is 0.685. The van der Waals surface area contributed by atoms with Crippen LogP contribution in [0.3, 0.4) is 0 Å². The molecular weight excluding hydrogens is 274 g/mol. The number of aliphatic imine (C=N–C) groups is 1. The van der Waals surface area contributed by atoms with E-state index in [1.165, 1.54) is 17.0 Å². The third-order valence-corrected chi connectivity index (χ3v) is 2.85. The summed E-state index contributed by atoms with van der Waals surface area (Å²) in [5, 5.41) is 0. The fourth-order valence-electron chi connectivity index (χ4n) is 1.87. The van der Waals surface area contributed by atoms with E-state index in [0.29, 0.717) is 25.2 Å². The van der Waals surface area contributed by atoms with Crippen LogP contribution in [0, 0.1) is 6.92 Å². The maximum atomic E-state index is 11.5. The Bertz CT molecular complexity index is 577. The fourth-order valence-corrected chi connectivity index (χ4v) is 1.87. The van der Waals surface area contributed by atoms with E-state index in [2.05, 4.69) is 15.0 Å². The van der Waals surface area contributed by atoms with Crippen LogP contribution in [-0.2, 0) is 4.79 Å². The average Bonchev–Trinajstić information content (AvgIpc) is 2.40. The van der Waals surface area contributed by atoms with Gasteiger partial charge in [0.2, 0.25) is 12.0 Å². The maximum absolute atomic E-state index is 11.5. The summed E-state index contributed by atoms with van der Waals surface area (Å²) in [6.07, 6.45) is 4.74. The first-order valence-corrected chi connectivity index (χ1v) is 6.73. The van der Waals surface area contributed by atoms with Crippen LogP contribution in [0.25, 0.3) is 0 Å². The molecule has 0 unspecified atom stereocenters. The van der Waals surface area contributed by atoms with Crippen molar-refractivity contribution in [2.24, 2.45) is 10.7 Å². The van der Waals surface area contributed by atoms with Gasteiger partial charge in [0.15, 0.2) is 0 Å². The monoisotopic (exact) mass is 293 g/mol. The molecule has 2 amide bonds. The molecular formula is C13H19N5O3. The number of isocyanates is 1. The number of nitrogens with one attached hydrogen (secondary N) is 1. The average molecular weight is 293 g/mol. The van der Waals surface area contributed by atoms with Gasteiger partial charge in [-0.2, -0.15) is 4.98 Å². The molecule has 3 N–H and O–H groups in total. The minimum Gasteiger partial charge on any atom is -0.351 e. The topological polar surface area (TPSA) is 122 Å². The van der Waals surface area contributed by atoms with E-state index >= 15 is 0 Å². The number of carbonyl (C=O) groups is 1. The summed E-state index contributed by atoms with van der Waals surface area (Å²) in [4.78, 5) is 44.0. The summed E-state index contributed by atoms with van der Waals surface area (Å²) in [5.74, 6) is 0.165. The smallest absolute Gasteiger partial charge is 0.321 e. The standard InChI is InChI=1S/C13H19N5O3/c1-10-8-11(20)17-13(16-10)18(12(14)21)7-5-3-2-4-6-15-9-19/h8H,2-7H2,1H3,(H2,14,21)(H,16,17,20). The van der Waals surface area contributed by atoms with Gasteiger partial charge in [-0.1, -0.05) is 12.8 Å². The number of rotatable bonds is 8. The van der Waals surface area contributed by atoms with Crippen molar-refractivity contribution in [1.29, 1.82) is 0 Å². The van der Waals surface area contributed by atoms with Crippen LogP contribution >= 0.6 is 0 Å². The van der Waals surface area contributed by atoms with E-state index in [1.807, 2.05) is 0 Å². The van der Waals surface area contributed by atoms with E-state index in [1.54, 1.807) is 6.92 Å². The molecule has 1 heterocycles. The number of urea groups is 1. The number of anilines is 1. The zero-order valence-corrected chi connectivity index (χ0v) is 12.0. The number of hydrogen-bond donors (Lipinski definition) is 2. The van der Waals surface area contributed by atoms with E-state index < -0.39 is 11.6 Å².